The molecule has 7 heteroatoms. The fraction of sp³-hybridized carbons (Fsp3) is 0.778. The van der Waals surface area contributed by atoms with E-state index in [0.717, 1.165) is 63.5 Å². The van der Waals surface area contributed by atoms with Crippen LogP contribution >= 0.6 is 0 Å². The third-order valence-electron chi connectivity index (χ3n) is 5.16. The van der Waals surface area contributed by atoms with Crippen molar-refractivity contribution in [1.29, 1.82) is 0 Å². The summed E-state index contributed by atoms with van der Waals surface area (Å²) in [5.41, 5.74) is 0.911. The Bertz CT molecular complexity index is 572. The summed E-state index contributed by atoms with van der Waals surface area (Å²) < 4.78 is 7.30. The van der Waals surface area contributed by atoms with E-state index >= 15 is 0 Å². The molecule has 3 rings (SSSR count). The average molecular weight is 349 g/mol. The fourth-order valence-electron chi connectivity index (χ4n) is 3.80. The molecule has 1 aromatic heterocycles. The Kier molecular flexibility index (Phi) is 5.96. The summed E-state index contributed by atoms with van der Waals surface area (Å²) in [4.78, 5) is 14.9. The molecular weight excluding hydrogens is 318 g/mol. The molecule has 2 fully saturated rings. The molecule has 0 unspecified atom stereocenters. The maximum absolute atomic E-state index is 12.4. The number of carbonyl (C=O) groups is 1. The number of aryl methyl sites for hydroxylation is 1. The molecule has 7 nitrogen and oxygen atoms in total. The first-order valence-electron chi connectivity index (χ1n) is 9.48. The van der Waals surface area contributed by atoms with Crippen LogP contribution in [0.5, 0.6) is 0 Å². The van der Waals surface area contributed by atoms with Crippen molar-refractivity contribution in [2.75, 3.05) is 31.6 Å². The van der Waals surface area contributed by atoms with Crippen molar-refractivity contribution in [3.8, 4) is 0 Å². The van der Waals surface area contributed by atoms with E-state index in [0.29, 0.717) is 6.04 Å². The molecule has 0 bridgehead atoms. The van der Waals surface area contributed by atoms with Crippen LogP contribution < -0.4 is 10.6 Å². The van der Waals surface area contributed by atoms with E-state index in [1.165, 1.54) is 0 Å². The highest BCUT2D eigenvalue weighted by molar-refractivity contribution is 5.88. The number of hydrogen-bond donors (Lipinski definition) is 2. The minimum Gasteiger partial charge on any atom is -0.381 e. The van der Waals surface area contributed by atoms with Crippen molar-refractivity contribution in [2.24, 2.45) is 0 Å². The second kappa shape index (κ2) is 8.19. The molecule has 0 aromatic carbocycles. The lowest BCUT2D eigenvalue weighted by Crippen LogP contribution is -2.50. The molecule has 2 N–H and O–H groups in total. The van der Waals surface area contributed by atoms with Gasteiger partial charge >= 0.3 is 6.03 Å². The Labute approximate surface area is 150 Å². The largest absolute Gasteiger partial charge is 0.381 e. The van der Waals surface area contributed by atoms with Gasteiger partial charge in [-0.05, 0) is 46.5 Å². The lowest BCUT2D eigenvalue weighted by atomic mass is 10.00. The SMILES string of the molecule is Cc1cc(NC(=O)NC2CCN(C3CCOCC3)CC2)n(C(C)C)n1. The molecular formula is C18H31N5O2. The summed E-state index contributed by atoms with van der Waals surface area (Å²) in [5, 5.41) is 10.5. The molecule has 3 heterocycles. The summed E-state index contributed by atoms with van der Waals surface area (Å²) in [6.45, 7) is 9.93. The van der Waals surface area contributed by atoms with Gasteiger partial charge in [-0.1, -0.05) is 0 Å². The van der Waals surface area contributed by atoms with E-state index < -0.39 is 0 Å². The molecule has 1 aromatic rings. The smallest absolute Gasteiger partial charge is 0.320 e. The number of carbonyl (C=O) groups excluding carboxylic acids is 1. The zero-order chi connectivity index (χ0) is 17.8. The van der Waals surface area contributed by atoms with Gasteiger partial charge in [0.2, 0.25) is 0 Å². The van der Waals surface area contributed by atoms with Crippen molar-refractivity contribution in [1.82, 2.24) is 20.0 Å². The van der Waals surface area contributed by atoms with Gasteiger partial charge in [0.05, 0.1) is 5.69 Å². The molecule has 0 radical (unpaired) electrons. The fourth-order valence-corrected chi connectivity index (χ4v) is 3.80. The van der Waals surface area contributed by atoms with Crippen molar-refractivity contribution in [3.05, 3.63) is 11.8 Å². The number of ether oxygens (including phenoxy) is 1. The first-order valence-corrected chi connectivity index (χ1v) is 9.48. The number of nitrogens with one attached hydrogen (secondary N) is 2. The van der Waals surface area contributed by atoms with Crippen LogP contribution in [0.1, 0.15) is 51.3 Å². The molecule has 0 spiro atoms. The summed E-state index contributed by atoms with van der Waals surface area (Å²) in [7, 11) is 0. The number of piperidine rings is 1. The van der Waals surface area contributed by atoms with Gasteiger partial charge in [0, 0.05) is 50.5 Å². The molecule has 2 aliphatic heterocycles. The highest BCUT2D eigenvalue weighted by Gasteiger charge is 2.27. The van der Waals surface area contributed by atoms with Crippen LogP contribution in [0.25, 0.3) is 0 Å². The van der Waals surface area contributed by atoms with Crippen molar-refractivity contribution in [2.45, 2.75) is 64.6 Å². The molecule has 0 atom stereocenters. The number of nitrogens with zero attached hydrogens (tertiary/aromatic N) is 3. The molecule has 140 valence electrons. The first-order chi connectivity index (χ1) is 12.0. The van der Waals surface area contributed by atoms with Crippen molar-refractivity contribution in [3.63, 3.8) is 0 Å². The van der Waals surface area contributed by atoms with Crippen LogP contribution in [0.15, 0.2) is 6.07 Å². The van der Waals surface area contributed by atoms with E-state index in [4.69, 9.17) is 4.74 Å². The third kappa shape index (κ3) is 4.73. The third-order valence-corrected chi connectivity index (χ3v) is 5.16. The molecule has 25 heavy (non-hydrogen) atoms. The monoisotopic (exact) mass is 349 g/mol. The molecule has 2 aliphatic rings. The molecule has 2 saturated heterocycles. The van der Waals surface area contributed by atoms with E-state index in [2.05, 4.69) is 34.5 Å². The number of urea groups is 1. The van der Waals surface area contributed by atoms with Crippen molar-refractivity contribution < 1.29 is 9.53 Å². The lowest BCUT2D eigenvalue weighted by molar-refractivity contribution is 0.0244. The number of rotatable bonds is 4. The van der Waals surface area contributed by atoms with Gasteiger partial charge in [-0.25, -0.2) is 9.48 Å². The standard InChI is InChI=1S/C18H31N5O2/c1-13(2)23-17(12-14(3)21-23)20-18(24)19-15-4-8-22(9-5-15)16-6-10-25-11-7-16/h12-13,15-16H,4-11H2,1-3H3,(H2,19,20,24). The minimum absolute atomic E-state index is 0.133. The van der Waals surface area contributed by atoms with Gasteiger partial charge in [-0.2, -0.15) is 5.10 Å². The Hall–Kier alpha value is -1.60. The van der Waals surface area contributed by atoms with Gasteiger partial charge in [0.25, 0.3) is 0 Å². The van der Waals surface area contributed by atoms with Crippen LogP contribution in [0.2, 0.25) is 0 Å². The second-order valence-corrected chi connectivity index (χ2v) is 7.46. The number of amides is 2. The Morgan fingerprint density at radius 3 is 2.56 bits per heavy atom. The predicted molar refractivity (Wildman–Crippen MR) is 97.9 cm³/mol. The first kappa shape index (κ1) is 18.2. The lowest BCUT2D eigenvalue weighted by Gasteiger charge is -2.39. The highest BCUT2D eigenvalue weighted by atomic mass is 16.5. The van der Waals surface area contributed by atoms with Crippen LogP contribution in [0.4, 0.5) is 10.6 Å². The van der Waals surface area contributed by atoms with Gasteiger partial charge in [0.15, 0.2) is 0 Å². The highest BCUT2D eigenvalue weighted by Crippen LogP contribution is 2.20. The summed E-state index contributed by atoms with van der Waals surface area (Å²) in [5.74, 6) is 0.754. The normalized spacial score (nSPS) is 20.8. The zero-order valence-corrected chi connectivity index (χ0v) is 15.6. The second-order valence-electron chi connectivity index (χ2n) is 7.46. The Morgan fingerprint density at radius 2 is 1.92 bits per heavy atom. The number of likely N-dealkylation sites (tertiary alicyclic amines) is 1. The maximum Gasteiger partial charge on any atom is 0.320 e. The van der Waals surface area contributed by atoms with Gasteiger partial charge in [-0.3, -0.25) is 5.32 Å². The number of aromatic nitrogens is 2. The predicted octanol–water partition coefficient (Wildman–Crippen LogP) is 2.54. The average Bonchev–Trinajstić information content (AvgIpc) is 2.97. The van der Waals surface area contributed by atoms with E-state index in [1.54, 1.807) is 0 Å². The Morgan fingerprint density at radius 1 is 1.24 bits per heavy atom. The summed E-state index contributed by atoms with van der Waals surface area (Å²) in [6.07, 6.45) is 4.29. The molecule has 2 amide bonds. The molecule has 0 saturated carbocycles. The van der Waals surface area contributed by atoms with Crippen LogP contribution in [0.3, 0.4) is 0 Å². The van der Waals surface area contributed by atoms with Gasteiger partial charge < -0.3 is 15.0 Å². The number of anilines is 1. The summed E-state index contributed by atoms with van der Waals surface area (Å²) in [6, 6.07) is 2.89. The Balaban J connectivity index is 1.46. The van der Waals surface area contributed by atoms with Crippen molar-refractivity contribution >= 4 is 11.8 Å². The quantitative estimate of drug-likeness (QED) is 0.876. The van der Waals surface area contributed by atoms with E-state index in [9.17, 15) is 4.79 Å². The topological polar surface area (TPSA) is 71.4 Å². The maximum atomic E-state index is 12.4. The van der Waals surface area contributed by atoms with Crippen LogP contribution in [-0.4, -0.2) is 59.1 Å². The number of hydrogen-bond acceptors (Lipinski definition) is 4. The van der Waals surface area contributed by atoms with Crippen LogP contribution in [0, 0.1) is 6.92 Å². The zero-order valence-electron chi connectivity index (χ0n) is 15.6. The van der Waals surface area contributed by atoms with Gasteiger partial charge in [0.1, 0.15) is 5.82 Å². The van der Waals surface area contributed by atoms with E-state index in [-0.39, 0.29) is 18.1 Å². The van der Waals surface area contributed by atoms with Gasteiger partial charge in [-0.15, -0.1) is 0 Å². The minimum atomic E-state index is -0.133. The molecule has 0 aliphatic carbocycles. The van der Waals surface area contributed by atoms with Crippen LogP contribution in [-0.2, 0) is 4.74 Å². The summed E-state index contributed by atoms with van der Waals surface area (Å²) >= 11 is 0. The van der Waals surface area contributed by atoms with E-state index in [1.807, 2.05) is 17.7 Å².